The van der Waals surface area contributed by atoms with Crippen LogP contribution >= 0.6 is 0 Å². The van der Waals surface area contributed by atoms with Gasteiger partial charge in [0.05, 0.1) is 0 Å². The third kappa shape index (κ3) is 6.58. The standard InChI is InChI=1S/C9H23N3/c1-4-5-9(8-11-3)12-7-6-10-2/h9-12H,4-8H2,1-3H3. The monoisotopic (exact) mass is 173 g/mol. The Morgan fingerprint density at radius 1 is 1.08 bits per heavy atom. The van der Waals surface area contributed by atoms with Crippen LogP contribution < -0.4 is 16.0 Å². The van der Waals surface area contributed by atoms with Gasteiger partial charge in [0.25, 0.3) is 0 Å². The topological polar surface area (TPSA) is 36.1 Å². The van der Waals surface area contributed by atoms with E-state index in [1.54, 1.807) is 0 Å². The molecule has 0 rings (SSSR count). The van der Waals surface area contributed by atoms with Gasteiger partial charge in [-0.05, 0) is 20.5 Å². The van der Waals surface area contributed by atoms with E-state index in [0.717, 1.165) is 19.6 Å². The minimum Gasteiger partial charge on any atom is -0.318 e. The van der Waals surface area contributed by atoms with E-state index in [2.05, 4.69) is 22.9 Å². The Hall–Kier alpha value is -0.120. The largest absolute Gasteiger partial charge is 0.318 e. The quantitative estimate of drug-likeness (QED) is 0.458. The van der Waals surface area contributed by atoms with Crippen molar-refractivity contribution in [2.75, 3.05) is 33.7 Å². The molecule has 0 aromatic carbocycles. The van der Waals surface area contributed by atoms with Crippen molar-refractivity contribution >= 4 is 0 Å². The lowest BCUT2D eigenvalue weighted by Gasteiger charge is -2.17. The van der Waals surface area contributed by atoms with Crippen molar-refractivity contribution in [3.8, 4) is 0 Å². The third-order valence-corrected chi connectivity index (χ3v) is 1.90. The summed E-state index contributed by atoms with van der Waals surface area (Å²) in [6, 6.07) is 0.633. The van der Waals surface area contributed by atoms with E-state index in [-0.39, 0.29) is 0 Å². The molecular formula is C9H23N3. The lowest BCUT2D eigenvalue weighted by molar-refractivity contribution is 0.457. The highest BCUT2D eigenvalue weighted by atomic mass is 15.0. The Morgan fingerprint density at radius 3 is 2.33 bits per heavy atom. The summed E-state index contributed by atoms with van der Waals surface area (Å²) in [6.45, 7) is 5.40. The normalized spacial score (nSPS) is 13.2. The summed E-state index contributed by atoms with van der Waals surface area (Å²) >= 11 is 0. The van der Waals surface area contributed by atoms with Gasteiger partial charge in [-0.1, -0.05) is 13.3 Å². The molecule has 0 aliphatic rings. The molecule has 0 saturated carbocycles. The first-order valence-corrected chi connectivity index (χ1v) is 4.87. The molecule has 0 heterocycles. The second-order valence-corrected chi connectivity index (χ2v) is 3.10. The van der Waals surface area contributed by atoms with Crippen molar-refractivity contribution < 1.29 is 0 Å². The Bertz CT molecular complexity index is 79.8. The number of nitrogens with one attached hydrogen (secondary N) is 3. The highest BCUT2D eigenvalue weighted by Gasteiger charge is 2.03. The Morgan fingerprint density at radius 2 is 1.83 bits per heavy atom. The lowest BCUT2D eigenvalue weighted by Crippen LogP contribution is -2.40. The molecule has 0 aliphatic carbocycles. The molecule has 0 spiro atoms. The Balaban J connectivity index is 3.34. The van der Waals surface area contributed by atoms with Crippen LogP contribution in [0, 0.1) is 0 Å². The lowest BCUT2D eigenvalue weighted by atomic mass is 10.1. The van der Waals surface area contributed by atoms with E-state index in [9.17, 15) is 0 Å². The summed E-state index contributed by atoms with van der Waals surface area (Å²) in [5, 5.41) is 9.82. The molecule has 3 N–H and O–H groups in total. The van der Waals surface area contributed by atoms with Gasteiger partial charge in [-0.3, -0.25) is 0 Å². The molecule has 0 amide bonds. The van der Waals surface area contributed by atoms with Crippen molar-refractivity contribution in [1.29, 1.82) is 0 Å². The van der Waals surface area contributed by atoms with Crippen LogP contribution in [0.4, 0.5) is 0 Å². The van der Waals surface area contributed by atoms with Crippen LogP contribution in [0.2, 0.25) is 0 Å². The molecule has 74 valence electrons. The van der Waals surface area contributed by atoms with E-state index in [0.29, 0.717) is 6.04 Å². The maximum atomic E-state index is 3.50. The van der Waals surface area contributed by atoms with Crippen molar-refractivity contribution in [2.45, 2.75) is 25.8 Å². The predicted molar refractivity (Wildman–Crippen MR) is 54.6 cm³/mol. The average Bonchev–Trinajstić information content (AvgIpc) is 2.06. The average molecular weight is 173 g/mol. The minimum atomic E-state index is 0.633. The zero-order valence-corrected chi connectivity index (χ0v) is 8.61. The van der Waals surface area contributed by atoms with Crippen LogP contribution in [0.5, 0.6) is 0 Å². The predicted octanol–water partition coefficient (Wildman–Crippen LogP) is 0.184. The van der Waals surface area contributed by atoms with Gasteiger partial charge in [0.1, 0.15) is 0 Å². The number of rotatable bonds is 8. The third-order valence-electron chi connectivity index (χ3n) is 1.90. The van der Waals surface area contributed by atoms with Crippen LogP contribution in [0.3, 0.4) is 0 Å². The van der Waals surface area contributed by atoms with Gasteiger partial charge in [0, 0.05) is 25.7 Å². The van der Waals surface area contributed by atoms with Crippen molar-refractivity contribution in [2.24, 2.45) is 0 Å². The molecule has 0 radical (unpaired) electrons. The van der Waals surface area contributed by atoms with Crippen LogP contribution in [0.1, 0.15) is 19.8 Å². The fourth-order valence-electron chi connectivity index (χ4n) is 1.27. The molecule has 0 saturated heterocycles. The van der Waals surface area contributed by atoms with E-state index in [1.165, 1.54) is 12.8 Å². The Labute approximate surface area is 76.3 Å². The van der Waals surface area contributed by atoms with Crippen LogP contribution in [0.15, 0.2) is 0 Å². The number of hydrogen-bond donors (Lipinski definition) is 3. The van der Waals surface area contributed by atoms with Crippen molar-refractivity contribution in [1.82, 2.24) is 16.0 Å². The molecule has 1 unspecified atom stereocenters. The van der Waals surface area contributed by atoms with Gasteiger partial charge in [-0.2, -0.15) is 0 Å². The molecule has 3 nitrogen and oxygen atoms in total. The van der Waals surface area contributed by atoms with Crippen molar-refractivity contribution in [3.05, 3.63) is 0 Å². The summed E-state index contributed by atoms with van der Waals surface area (Å²) in [7, 11) is 3.98. The maximum absolute atomic E-state index is 3.50. The molecule has 3 heteroatoms. The summed E-state index contributed by atoms with van der Waals surface area (Å²) in [5.41, 5.74) is 0. The highest BCUT2D eigenvalue weighted by Crippen LogP contribution is 1.93. The minimum absolute atomic E-state index is 0.633. The molecular weight excluding hydrogens is 150 g/mol. The van der Waals surface area contributed by atoms with Gasteiger partial charge >= 0.3 is 0 Å². The molecule has 0 fully saturated rings. The van der Waals surface area contributed by atoms with E-state index in [1.807, 2.05) is 14.1 Å². The zero-order valence-electron chi connectivity index (χ0n) is 8.61. The first-order chi connectivity index (χ1) is 5.85. The maximum Gasteiger partial charge on any atom is 0.0192 e. The smallest absolute Gasteiger partial charge is 0.0192 e. The second kappa shape index (κ2) is 8.97. The van der Waals surface area contributed by atoms with Crippen LogP contribution in [0.25, 0.3) is 0 Å². The van der Waals surface area contributed by atoms with Gasteiger partial charge in [0.15, 0.2) is 0 Å². The van der Waals surface area contributed by atoms with E-state index in [4.69, 9.17) is 0 Å². The zero-order chi connectivity index (χ0) is 9.23. The summed E-state index contributed by atoms with van der Waals surface area (Å²) in [5.74, 6) is 0. The van der Waals surface area contributed by atoms with Crippen molar-refractivity contribution in [3.63, 3.8) is 0 Å². The van der Waals surface area contributed by atoms with Gasteiger partial charge in [0.2, 0.25) is 0 Å². The fourth-order valence-corrected chi connectivity index (χ4v) is 1.27. The summed E-state index contributed by atoms with van der Waals surface area (Å²) < 4.78 is 0. The first kappa shape index (κ1) is 11.9. The summed E-state index contributed by atoms with van der Waals surface area (Å²) in [6.07, 6.45) is 2.50. The highest BCUT2D eigenvalue weighted by molar-refractivity contribution is 4.68. The second-order valence-electron chi connectivity index (χ2n) is 3.10. The van der Waals surface area contributed by atoms with Gasteiger partial charge < -0.3 is 16.0 Å². The van der Waals surface area contributed by atoms with Gasteiger partial charge in [-0.15, -0.1) is 0 Å². The van der Waals surface area contributed by atoms with Gasteiger partial charge in [-0.25, -0.2) is 0 Å². The Kier molecular flexibility index (Phi) is 8.88. The molecule has 0 aliphatic heterocycles. The molecule has 1 atom stereocenters. The SMILES string of the molecule is CCCC(CNC)NCCNC. The molecule has 12 heavy (non-hydrogen) atoms. The van der Waals surface area contributed by atoms with E-state index >= 15 is 0 Å². The molecule has 0 bridgehead atoms. The number of hydrogen-bond acceptors (Lipinski definition) is 3. The van der Waals surface area contributed by atoms with Crippen LogP contribution in [-0.2, 0) is 0 Å². The van der Waals surface area contributed by atoms with E-state index < -0.39 is 0 Å². The first-order valence-electron chi connectivity index (χ1n) is 4.87. The molecule has 0 aromatic rings. The summed E-state index contributed by atoms with van der Waals surface area (Å²) in [4.78, 5) is 0. The number of likely N-dealkylation sites (N-methyl/N-ethyl adjacent to an activating group) is 2. The van der Waals surface area contributed by atoms with Crippen LogP contribution in [-0.4, -0.2) is 39.8 Å². The fraction of sp³-hybridized carbons (Fsp3) is 1.00. The molecule has 0 aromatic heterocycles.